The molecule has 1 aromatic heterocycles. The number of anilines is 1. The van der Waals surface area contributed by atoms with Crippen molar-refractivity contribution in [3.8, 4) is 0 Å². The maximum atomic E-state index is 13.3. The molecule has 4 atom stereocenters. The average molecular weight is 469 g/mol. The molecular formula is C23H25BrN4O2. The molecule has 3 aliphatic carbocycles. The van der Waals surface area contributed by atoms with Gasteiger partial charge in [-0.2, -0.15) is 5.10 Å². The number of aryl methyl sites for hydroxylation is 2. The van der Waals surface area contributed by atoms with Crippen LogP contribution < -0.4 is 10.6 Å². The molecule has 2 amide bonds. The third kappa shape index (κ3) is 3.11. The Hall–Kier alpha value is -2.41. The summed E-state index contributed by atoms with van der Waals surface area (Å²) >= 11 is 3.43. The van der Waals surface area contributed by atoms with Crippen molar-refractivity contribution >= 4 is 33.4 Å². The zero-order chi connectivity index (χ0) is 21.0. The summed E-state index contributed by atoms with van der Waals surface area (Å²) in [6.45, 7) is 2.41. The van der Waals surface area contributed by atoms with Gasteiger partial charge in [0, 0.05) is 29.4 Å². The lowest BCUT2D eigenvalue weighted by Gasteiger charge is -2.27. The summed E-state index contributed by atoms with van der Waals surface area (Å²) in [7, 11) is 1.83. The van der Waals surface area contributed by atoms with E-state index in [-0.39, 0.29) is 35.0 Å². The Morgan fingerprint density at radius 1 is 1.20 bits per heavy atom. The second-order valence-electron chi connectivity index (χ2n) is 8.86. The van der Waals surface area contributed by atoms with Crippen molar-refractivity contribution in [3.05, 3.63) is 58.3 Å². The first-order chi connectivity index (χ1) is 14.4. The maximum Gasteiger partial charge on any atom is 0.271 e. The van der Waals surface area contributed by atoms with Crippen LogP contribution >= 0.6 is 15.9 Å². The molecule has 1 heterocycles. The fraction of sp³-hybridized carbons (Fsp3) is 0.435. The molecule has 0 radical (unpaired) electrons. The number of carbonyl (C=O) groups excluding carboxylic acids is 2. The van der Waals surface area contributed by atoms with Crippen LogP contribution in [0.5, 0.6) is 0 Å². The summed E-state index contributed by atoms with van der Waals surface area (Å²) in [5, 5.41) is 10.4. The Balaban J connectivity index is 1.33. The molecule has 5 rings (SSSR count). The molecular weight excluding hydrogens is 444 g/mol. The van der Waals surface area contributed by atoms with Gasteiger partial charge in [-0.3, -0.25) is 14.3 Å². The van der Waals surface area contributed by atoms with E-state index in [1.54, 1.807) is 10.7 Å². The number of hydrogen-bond donors (Lipinski definition) is 2. The van der Waals surface area contributed by atoms with Crippen LogP contribution in [0.1, 0.15) is 29.0 Å². The summed E-state index contributed by atoms with van der Waals surface area (Å²) in [6.07, 6.45) is 6.86. The zero-order valence-corrected chi connectivity index (χ0v) is 18.6. The second kappa shape index (κ2) is 7.08. The van der Waals surface area contributed by atoms with Crippen LogP contribution in [0.15, 0.2) is 47.0 Å². The first-order valence-corrected chi connectivity index (χ1v) is 11.2. The van der Waals surface area contributed by atoms with E-state index in [2.05, 4.69) is 43.8 Å². The number of hydrogen-bond acceptors (Lipinski definition) is 3. The van der Waals surface area contributed by atoms with Gasteiger partial charge in [-0.15, -0.1) is 0 Å². The topological polar surface area (TPSA) is 76.0 Å². The predicted octanol–water partition coefficient (Wildman–Crippen LogP) is 3.69. The standard InChI is InChI=1S/C23H25BrN4O2/c1-13-11-19(27-28(13)2)21(29)25-12-16-17-7-8-18(23(17)9-10-23)20(16)22(30)26-15-5-3-14(24)4-6-15/h3-8,11,16-18,20H,9-10,12H2,1-2H3,(H,25,29)(H,26,30)/t16-,17-,18+,20?/m1/s1. The zero-order valence-electron chi connectivity index (χ0n) is 17.1. The van der Waals surface area contributed by atoms with Crippen LogP contribution in [0.3, 0.4) is 0 Å². The molecule has 1 unspecified atom stereocenters. The molecule has 2 saturated carbocycles. The molecule has 0 saturated heterocycles. The van der Waals surface area contributed by atoms with E-state index in [0.717, 1.165) is 15.9 Å². The van der Waals surface area contributed by atoms with Crippen molar-refractivity contribution in [2.45, 2.75) is 19.8 Å². The van der Waals surface area contributed by atoms with Gasteiger partial charge in [-0.1, -0.05) is 28.1 Å². The lowest BCUT2D eigenvalue weighted by atomic mass is 9.82. The number of amides is 2. The summed E-state index contributed by atoms with van der Waals surface area (Å²) < 4.78 is 2.67. The molecule has 1 aromatic carbocycles. The van der Waals surface area contributed by atoms with Gasteiger partial charge in [0.25, 0.3) is 5.91 Å². The highest BCUT2D eigenvalue weighted by Crippen LogP contribution is 2.71. The molecule has 2 aromatic rings. The monoisotopic (exact) mass is 468 g/mol. The number of allylic oxidation sites excluding steroid dienone is 2. The van der Waals surface area contributed by atoms with Crippen LogP contribution in [-0.2, 0) is 11.8 Å². The highest BCUT2D eigenvalue weighted by Gasteiger charge is 2.68. The van der Waals surface area contributed by atoms with Crippen LogP contribution in [0, 0.1) is 36.0 Å². The highest BCUT2D eigenvalue weighted by atomic mass is 79.9. The quantitative estimate of drug-likeness (QED) is 0.656. The van der Waals surface area contributed by atoms with Gasteiger partial charge >= 0.3 is 0 Å². The SMILES string of the molecule is Cc1cc(C(=O)NC[C@H]2C(C(=O)Nc3ccc(Br)cc3)[C@@H]3C=C[C@H]2C32CC2)nn1C. The van der Waals surface area contributed by atoms with Gasteiger partial charge in [-0.05, 0) is 73.3 Å². The van der Waals surface area contributed by atoms with Crippen molar-refractivity contribution in [3.63, 3.8) is 0 Å². The average Bonchev–Trinajstić information content (AvgIpc) is 3.27. The number of nitrogens with one attached hydrogen (secondary N) is 2. The fourth-order valence-corrected chi connectivity index (χ4v) is 5.80. The van der Waals surface area contributed by atoms with Crippen molar-refractivity contribution in [1.29, 1.82) is 0 Å². The van der Waals surface area contributed by atoms with Crippen molar-refractivity contribution in [2.75, 3.05) is 11.9 Å². The number of benzene rings is 1. The van der Waals surface area contributed by atoms with Crippen molar-refractivity contribution in [2.24, 2.45) is 36.1 Å². The van der Waals surface area contributed by atoms with Crippen molar-refractivity contribution in [1.82, 2.24) is 15.1 Å². The van der Waals surface area contributed by atoms with Gasteiger partial charge in [0.05, 0.1) is 5.92 Å². The molecule has 156 valence electrons. The van der Waals surface area contributed by atoms with Gasteiger partial charge in [0.2, 0.25) is 5.91 Å². The molecule has 30 heavy (non-hydrogen) atoms. The Morgan fingerprint density at radius 3 is 2.53 bits per heavy atom. The summed E-state index contributed by atoms with van der Waals surface area (Å²) in [6, 6.07) is 9.43. The normalized spacial score (nSPS) is 27.4. The van der Waals surface area contributed by atoms with E-state index in [0.29, 0.717) is 18.2 Å². The van der Waals surface area contributed by atoms with E-state index in [4.69, 9.17) is 0 Å². The van der Waals surface area contributed by atoms with Crippen LogP contribution in [0.2, 0.25) is 0 Å². The smallest absolute Gasteiger partial charge is 0.271 e. The highest BCUT2D eigenvalue weighted by molar-refractivity contribution is 9.10. The van der Waals surface area contributed by atoms with E-state index in [1.165, 1.54) is 12.8 Å². The number of rotatable bonds is 5. The molecule has 6 nitrogen and oxygen atoms in total. The number of carbonyl (C=O) groups is 2. The molecule has 1 spiro atoms. The third-order valence-corrected chi connectivity index (χ3v) is 7.78. The van der Waals surface area contributed by atoms with Crippen LogP contribution in [-0.4, -0.2) is 28.1 Å². The second-order valence-corrected chi connectivity index (χ2v) is 9.78. The molecule has 2 bridgehead atoms. The lowest BCUT2D eigenvalue weighted by molar-refractivity contribution is -0.122. The molecule has 0 aliphatic heterocycles. The largest absolute Gasteiger partial charge is 0.350 e. The Morgan fingerprint density at radius 2 is 1.90 bits per heavy atom. The van der Waals surface area contributed by atoms with Crippen LogP contribution in [0.25, 0.3) is 0 Å². The first kappa shape index (κ1) is 19.5. The Kier molecular flexibility index (Phi) is 4.61. The first-order valence-electron chi connectivity index (χ1n) is 10.4. The van der Waals surface area contributed by atoms with Gasteiger partial charge in [0.15, 0.2) is 0 Å². The molecule has 3 aliphatic rings. The Labute approximate surface area is 184 Å². The fourth-order valence-electron chi connectivity index (χ4n) is 5.53. The van der Waals surface area contributed by atoms with Crippen LogP contribution in [0.4, 0.5) is 5.69 Å². The minimum Gasteiger partial charge on any atom is -0.350 e. The maximum absolute atomic E-state index is 13.3. The summed E-state index contributed by atoms with van der Waals surface area (Å²) in [4.78, 5) is 25.9. The number of nitrogens with zero attached hydrogens (tertiary/aromatic N) is 2. The molecule has 2 N–H and O–H groups in total. The van der Waals surface area contributed by atoms with Crippen molar-refractivity contribution < 1.29 is 9.59 Å². The van der Waals surface area contributed by atoms with E-state index in [9.17, 15) is 9.59 Å². The summed E-state index contributed by atoms with van der Waals surface area (Å²) in [5.41, 5.74) is 2.39. The van der Waals surface area contributed by atoms with E-state index < -0.39 is 0 Å². The minimum absolute atomic E-state index is 0.0494. The van der Waals surface area contributed by atoms with Gasteiger partial charge < -0.3 is 10.6 Å². The predicted molar refractivity (Wildman–Crippen MR) is 118 cm³/mol. The minimum atomic E-state index is -0.178. The lowest BCUT2D eigenvalue weighted by Crippen LogP contribution is -2.39. The third-order valence-electron chi connectivity index (χ3n) is 7.25. The van der Waals surface area contributed by atoms with E-state index >= 15 is 0 Å². The van der Waals surface area contributed by atoms with E-state index in [1.807, 2.05) is 38.2 Å². The number of halogens is 1. The number of aromatic nitrogens is 2. The molecule has 7 heteroatoms. The molecule has 2 fully saturated rings. The Bertz CT molecular complexity index is 1020. The van der Waals surface area contributed by atoms with Gasteiger partial charge in [0.1, 0.15) is 5.69 Å². The van der Waals surface area contributed by atoms with Gasteiger partial charge in [-0.25, -0.2) is 0 Å². The summed E-state index contributed by atoms with van der Waals surface area (Å²) in [5.74, 6) is 0.463.